The molecule has 0 radical (unpaired) electrons. The lowest BCUT2D eigenvalue weighted by Gasteiger charge is -2.24. The van der Waals surface area contributed by atoms with Gasteiger partial charge in [0, 0.05) is 11.8 Å². The molecule has 1 fully saturated rings. The number of carbonyl (C=O) groups excluding carboxylic acids is 2. The van der Waals surface area contributed by atoms with Crippen molar-refractivity contribution in [1.82, 2.24) is 4.98 Å². The number of hydrogen-bond acceptors (Lipinski definition) is 5. The molecule has 1 amide bonds. The van der Waals surface area contributed by atoms with Gasteiger partial charge in [-0.25, -0.2) is 4.98 Å². The predicted octanol–water partition coefficient (Wildman–Crippen LogP) is 4.02. The highest BCUT2D eigenvalue weighted by Gasteiger charge is 2.47. The van der Waals surface area contributed by atoms with Gasteiger partial charge in [0.25, 0.3) is 5.78 Å². The fourth-order valence-corrected chi connectivity index (χ4v) is 3.53. The molecule has 150 valence electrons. The molecule has 2 aromatic carbocycles. The Morgan fingerprint density at radius 1 is 1.00 bits per heavy atom. The summed E-state index contributed by atoms with van der Waals surface area (Å²) in [5.41, 5.74) is 2.18. The number of ether oxygens (including phenoxy) is 1. The number of methoxy groups -OCH3 is 1. The molecule has 1 atom stereocenters. The Hall–Kier alpha value is -3.93. The van der Waals surface area contributed by atoms with E-state index in [-0.39, 0.29) is 11.3 Å². The minimum Gasteiger partial charge on any atom is -0.507 e. The summed E-state index contributed by atoms with van der Waals surface area (Å²) >= 11 is 0. The molecule has 4 rings (SSSR count). The van der Waals surface area contributed by atoms with E-state index in [0.29, 0.717) is 22.7 Å². The number of aromatic nitrogens is 1. The van der Waals surface area contributed by atoms with Gasteiger partial charge in [0.2, 0.25) is 0 Å². The number of aryl methyl sites for hydroxylation is 1. The molecule has 0 unspecified atom stereocenters. The Morgan fingerprint density at radius 3 is 2.30 bits per heavy atom. The van der Waals surface area contributed by atoms with Crippen molar-refractivity contribution in [2.75, 3.05) is 12.0 Å². The van der Waals surface area contributed by atoms with Gasteiger partial charge in [0.05, 0.1) is 18.7 Å². The zero-order valence-corrected chi connectivity index (χ0v) is 16.6. The number of anilines is 1. The van der Waals surface area contributed by atoms with Crippen LogP contribution in [0.15, 0.2) is 78.5 Å². The topological polar surface area (TPSA) is 79.7 Å². The van der Waals surface area contributed by atoms with Crippen LogP contribution >= 0.6 is 0 Å². The quantitative estimate of drug-likeness (QED) is 0.406. The van der Waals surface area contributed by atoms with E-state index in [9.17, 15) is 14.7 Å². The first-order valence-electron chi connectivity index (χ1n) is 9.44. The van der Waals surface area contributed by atoms with Crippen molar-refractivity contribution in [3.63, 3.8) is 0 Å². The largest absolute Gasteiger partial charge is 0.507 e. The van der Waals surface area contributed by atoms with Crippen LogP contribution in [0.4, 0.5) is 5.82 Å². The maximum absolute atomic E-state index is 13.0. The molecule has 6 heteroatoms. The summed E-state index contributed by atoms with van der Waals surface area (Å²) in [6, 6.07) is 18.5. The van der Waals surface area contributed by atoms with Gasteiger partial charge in [-0.15, -0.1) is 0 Å². The Bertz CT molecular complexity index is 1120. The standard InChI is InChI=1S/C24H20N2O4/c1-15-6-8-17(9-7-15)22(27)20-21(16-10-12-18(30-2)13-11-16)26(24(29)23(20)28)19-5-3-4-14-25-19/h3-14,21,27H,1-2H3/t21-/m0/s1. The maximum Gasteiger partial charge on any atom is 0.301 e. The molecule has 1 aliphatic rings. The first-order chi connectivity index (χ1) is 14.5. The third kappa shape index (κ3) is 3.33. The first-order valence-corrected chi connectivity index (χ1v) is 9.44. The van der Waals surface area contributed by atoms with Gasteiger partial charge in [-0.1, -0.05) is 48.0 Å². The van der Waals surface area contributed by atoms with E-state index in [2.05, 4.69) is 4.98 Å². The number of aliphatic hydroxyl groups excluding tert-OH is 1. The van der Waals surface area contributed by atoms with Crippen molar-refractivity contribution < 1.29 is 19.4 Å². The number of nitrogens with zero attached hydrogens (tertiary/aromatic N) is 2. The SMILES string of the molecule is COc1ccc([C@H]2C(=C(O)c3ccc(C)cc3)C(=O)C(=O)N2c2ccccn2)cc1. The lowest BCUT2D eigenvalue weighted by Crippen LogP contribution is -2.30. The van der Waals surface area contributed by atoms with E-state index in [1.54, 1.807) is 67.9 Å². The number of aliphatic hydroxyl groups is 1. The predicted molar refractivity (Wildman–Crippen MR) is 113 cm³/mol. The average molecular weight is 400 g/mol. The number of Topliss-reactive ketones (excluding diaryl/α,β-unsaturated/α-hetero) is 1. The lowest BCUT2D eigenvalue weighted by atomic mass is 9.95. The molecule has 0 aliphatic carbocycles. The Balaban J connectivity index is 1.92. The Morgan fingerprint density at radius 2 is 1.70 bits per heavy atom. The molecule has 3 aromatic rings. The number of amides is 1. The number of carbonyl (C=O) groups is 2. The molecule has 0 saturated carbocycles. The van der Waals surface area contributed by atoms with Crippen LogP contribution < -0.4 is 9.64 Å². The van der Waals surface area contributed by atoms with Gasteiger partial charge in [-0.3, -0.25) is 14.5 Å². The number of rotatable bonds is 4. The monoisotopic (exact) mass is 400 g/mol. The van der Waals surface area contributed by atoms with Crippen molar-refractivity contribution >= 4 is 23.3 Å². The lowest BCUT2D eigenvalue weighted by molar-refractivity contribution is -0.132. The van der Waals surface area contributed by atoms with Crippen LogP contribution in [0.2, 0.25) is 0 Å². The van der Waals surface area contributed by atoms with Crippen LogP contribution in [0.25, 0.3) is 5.76 Å². The van der Waals surface area contributed by atoms with Crippen molar-refractivity contribution in [3.8, 4) is 5.75 Å². The molecule has 2 heterocycles. The van der Waals surface area contributed by atoms with E-state index in [4.69, 9.17) is 4.74 Å². The summed E-state index contributed by atoms with van der Waals surface area (Å²) in [6.45, 7) is 1.93. The highest BCUT2D eigenvalue weighted by atomic mass is 16.5. The highest BCUT2D eigenvalue weighted by molar-refractivity contribution is 6.51. The molecule has 0 bridgehead atoms. The van der Waals surface area contributed by atoms with E-state index < -0.39 is 17.7 Å². The zero-order chi connectivity index (χ0) is 21.3. The smallest absolute Gasteiger partial charge is 0.301 e. The second-order valence-corrected chi connectivity index (χ2v) is 7.00. The summed E-state index contributed by atoms with van der Waals surface area (Å²) in [4.78, 5) is 31.6. The first kappa shape index (κ1) is 19.4. The Kier molecular flexibility index (Phi) is 5.06. The molecule has 1 N–H and O–H groups in total. The Labute approximate surface area is 174 Å². The summed E-state index contributed by atoms with van der Waals surface area (Å²) in [7, 11) is 1.56. The van der Waals surface area contributed by atoms with Crippen LogP contribution in [0, 0.1) is 6.92 Å². The summed E-state index contributed by atoms with van der Waals surface area (Å²) in [6.07, 6.45) is 1.56. The van der Waals surface area contributed by atoms with Crippen molar-refractivity contribution in [1.29, 1.82) is 0 Å². The van der Waals surface area contributed by atoms with Gasteiger partial charge in [0.15, 0.2) is 0 Å². The maximum atomic E-state index is 13.0. The van der Waals surface area contributed by atoms with Gasteiger partial charge in [-0.05, 0) is 36.8 Å². The molecule has 0 spiro atoms. The molecule has 30 heavy (non-hydrogen) atoms. The average Bonchev–Trinajstić information content (AvgIpc) is 3.05. The minimum absolute atomic E-state index is 0.0275. The highest BCUT2D eigenvalue weighted by Crippen LogP contribution is 2.41. The number of ketones is 1. The van der Waals surface area contributed by atoms with Gasteiger partial charge < -0.3 is 9.84 Å². The number of pyridine rings is 1. The van der Waals surface area contributed by atoms with Gasteiger partial charge >= 0.3 is 5.91 Å². The molecule has 1 saturated heterocycles. The van der Waals surface area contributed by atoms with Crippen LogP contribution in [-0.4, -0.2) is 28.9 Å². The van der Waals surface area contributed by atoms with Crippen molar-refractivity contribution in [3.05, 3.63) is 95.2 Å². The fraction of sp³-hybridized carbons (Fsp3) is 0.125. The molecule has 1 aliphatic heterocycles. The van der Waals surface area contributed by atoms with Gasteiger partial charge in [-0.2, -0.15) is 0 Å². The molecular formula is C24H20N2O4. The van der Waals surface area contributed by atoms with Crippen molar-refractivity contribution in [2.45, 2.75) is 13.0 Å². The van der Waals surface area contributed by atoms with Crippen LogP contribution in [0.5, 0.6) is 5.75 Å². The van der Waals surface area contributed by atoms with E-state index in [1.165, 1.54) is 4.90 Å². The molecular weight excluding hydrogens is 380 g/mol. The van der Waals surface area contributed by atoms with Gasteiger partial charge in [0.1, 0.15) is 17.3 Å². The van der Waals surface area contributed by atoms with E-state index in [1.807, 2.05) is 19.1 Å². The zero-order valence-electron chi connectivity index (χ0n) is 16.6. The fourth-order valence-electron chi connectivity index (χ4n) is 3.53. The number of benzene rings is 2. The second kappa shape index (κ2) is 7.83. The van der Waals surface area contributed by atoms with Crippen LogP contribution in [0.3, 0.4) is 0 Å². The third-order valence-corrected chi connectivity index (χ3v) is 5.10. The third-order valence-electron chi connectivity index (χ3n) is 5.10. The molecule has 1 aromatic heterocycles. The summed E-state index contributed by atoms with van der Waals surface area (Å²) < 4.78 is 5.22. The summed E-state index contributed by atoms with van der Waals surface area (Å²) in [5.74, 6) is -0.717. The van der Waals surface area contributed by atoms with Crippen LogP contribution in [-0.2, 0) is 9.59 Å². The van der Waals surface area contributed by atoms with Crippen molar-refractivity contribution in [2.24, 2.45) is 0 Å². The summed E-state index contributed by atoms with van der Waals surface area (Å²) in [5, 5.41) is 11.0. The minimum atomic E-state index is -0.813. The number of hydrogen-bond donors (Lipinski definition) is 1. The van der Waals surface area contributed by atoms with E-state index >= 15 is 0 Å². The van der Waals surface area contributed by atoms with Crippen LogP contribution in [0.1, 0.15) is 22.7 Å². The normalized spacial score (nSPS) is 17.9. The van der Waals surface area contributed by atoms with E-state index in [0.717, 1.165) is 5.56 Å². The molecule has 6 nitrogen and oxygen atoms in total. The second-order valence-electron chi connectivity index (χ2n) is 7.00.